The van der Waals surface area contributed by atoms with Crippen molar-refractivity contribution in [2.45, 2.75) is 26.7 Å². The summed E-state index contributed by atoms with van der Waals surface area (Å²) in [5.74, 6) is 0.736. The quantitative estimate of drug-likeness (QED) is 0.442. The van der Waals surface area contributed by atoms with Gasteiger partial charge in [0.05, 0.1) is 18.3 Å². The van der Waals surface area contributed by atoms with Crippen molar-refractivity contribution in [3.05, 3.63) is 68.8 Å². The zero-order valence-electron chi connectivity index (χ0n) is 17.7. The Bertz CT molecular complexity index is 1130. The lowest BCUT2D eigenvalue weighted by Crippen LogP contribution is -2.24. The van der Waals surface area contributed by atoms with Crippen LogP contribution in [0, 0.1) is 0 Å². The van der Waals surface area contributed by atoms with E-state index in [4.69, 9.17) is 14.2 Å². The van der Waals surface area contributed by atoms with Crippen molar-refractivity contribution in [2.24, 2.45) is 0 Å². The van der Waals surface area contributed by atoms with Crippen molar-refractivity contribution in [1.82, 2.24) is 0 Å². The van der Waals surface area contributed by atoms with Gasteiger partial charge in [0.25, 0.3) is 5.91 Å². The van der Waals surface area contributed by atoms with E-state index < -0.39 is 5.97 Å². The molecule has 4 rings (SSSR count). The van der Waals surface area contributed by atoms with Gasteiger partial charge in [-0.05, 0) is 54.3 Å². The monoisotopic (exact) mass is 483 g/mol. The summed E-state index contributed by atoms with van der Waals surface area (Å²) in [4.78, 5) is 27.6. The summed E-state index contributed by atoms with van der Waals surface area (Å²) >= 11 is 3.51. The molecule has 31 heavy (non-hydrogen) atoms. The van der Waals surface area contributed by atoms with Gasteiger partial charge in [-0.15, -0.1) is 0 Å². The van der Waals surface area contributed by atoms with Crippen molar-refractivity contribution in [3.8, 4) is 11.5 Å². The molecule has 1 amide bonds. The summed E-state index contributed by atoms with van der Waals surface area (Å²) in [7, 11) is 1.31. The number of carbonyl (C=O) groups excluding carboxylic acids is 2. The van der Waals surface area contributed by atoms with Crippen LogP contribution in [0.4, 0.5) is 5.69 Å². The first-order chi connectivity index (χ1) is 14.8. The number of ether oxygens (including phenoxy) is 3. The van der Waals surface area contributed by atoms with E-state index in [1.807, 2.05) is 24.3 Å². The van der Waals surface area contributed by atoms with Crippen LogP contribution in [-0.2, 0) is 14.3 Å². The number of rotatable bonds is 4. The molecular weight excluding hydrogens is 462 g/mol. The Hall–Kier alpha value is -3.06. The van der Waals surface area contributed by atoms with E-state index in [1.165, 1.54) is 12.7 Å². The second-order valence-electron chi connectivity index (χ2n) is 7.62. The summed E-state index contributed by atoms with van der Waals surface area (Å²) in [5, 5.41) is 0. The molecule has 2 heterocycles. The largest absolute Gasteiger partial charge is 0.465 e. The number of halogens is 1. The number of esters is 1. The molecule has 0 spiro atoms. The fraction of sp³-hybridized carbons (Fsp3) is 0.250. The fourth-order valence-electron chi connectivity index (χ4n) is 3.70. The van der Waals surface area contributed by atoms with Crippen LogP contribution in [0.3, 0.4) is 0 Å². The molecule has 0 aromatic heterocycles. The molecular formula is C24H22BrNO5. The molecule has 6 nitrogen and oxygen atoms in total. The van der Waals surface area contributed by atoms with E-state index in [2.05, 4.69) is 29.8 Å². The number of methoxy groups -OCH3 is 1. The standard InChI is InChI=1S/C24H22BrNO5/c1-13(2)15-5-7-17(8-6-15)26-14(3)22(24(28)29-4)18(23(26)27)9-16-10-20-21(11-19(16)25)31-12-30-20/h5-11,13H,12H2,1-4H3. The lowest BCUT2D eigenvalue weighted by Gasteiger charge is -2.19. The molecule has 160 valence electrons. The van der Waals surface area contributed by atoms with E-state index in [0.717, 1.165) is 4.47 Å². The van der Waals surface area contributed by atoms with Gasteiger partial charge in [-0.25, -0.2) is 4.79 Å². The van der Waals surface area contributed by atoms with Gasteiger partial charge < -0.3 is 14.2 Å². The van der Waals surface area contributed by atoms with Gasteiger partial charge in [0, 0.05) is 15.9 Å². The van der Waals surface area contributed by atoms with Gasteiger partial charge in [-0.3, -0.25) is 9.69 Å². The molecule has 2 aromatic rings. The normalized spacial score (nSPS) is 16.6. The summed E-state index contributed by atoms with van der Waals surface area (Å²) in [6, 6.07) is 11.3. The van der Waals surface area contributed by atoms with E-state index in [0.29, 0.717) is 34.4 Å². The highest BCUT2D eigenvalue weighted by Gasteiger charge is 2.38. The van der Waals surface area contributed by atoms with Crippen LogP contribution >= 0.6 is 15.9 Å². The number of fused-ring (bicyclic) bond motifs is 1. The Morgan fingerprint density at radius 2 is 1.81 bits per heavy atom. The fourth-order valence-corrected chi connectivity index (χ4v) is 4.14. The maximum absolute atomic E-state index is 13.5. The van der Waals surface area contributed by atoms with Gasteiger partial charge in [-0.2, -0.15) is 0 Å². The summed E-state index contributed by atoms with van der Waals surface area (Å²) < 4.78 is 16.5. The number of carbonyl (C=O) groups is 2. The molecule has 0 bridgehead atoms. The number of hydrogen-bond acceptors (Lipinski definition) is 5. The van der Waals surface area contributed by atoms with Crippen molar-refractivity contribution in [1.29, 1.82) is 0 Å². The second-order valence-corrected chi connectivity index (χ2v) is 8.48. The molecule has 0 aliphatic carbocycles. The molecule has 2 aromatic carbocycles. The first kappa shape index (κ1) is 21.2. The lowest BCUT2D eigenvalue weighted by molar-refractivity contribution is -0.136. The van der Waals surface area contributed by atoms with Crippen molar-refractivity contribution >= 4 is 39.6 Å². The third kappa shape index (κ3) is 3.74. The predicted octanol–water partition coefficient (Wildman–Crippen LogP) is 5.18. The Morgan fingerprint density at radius 3 is 2.42 bits per heavy atom. The molecule has 0 radical (unpaired) electrons. The lowest BCUT2D eigenvalue weighted by atomic mass is 10.0. The van der Waals surface area contributed by atoms with Gasteiger partial charge >= 0.3 is 5.97 Å². The molecule has 0 saturated carbocycles. The number of nitrogens with zero attached hydrogens (tertiary/aromatic N) is 1. The smallest absolute Gasteiger partial charge is 0.340 e. The van der Waals surface area contributed by atoms with Crippen LogP contribution in [0.25, 0.3) is 6.08 Å². The zero-order chi connectivity index (χ0) is 22.3. The van der Waals surface area contributed by atoms with Crippen molar-refractivity contribution in [3.63, 3.8) is 0 Å². The highest BCUT2D eigenvalue weighted by atomic mass is 79.9. The maximum atomic E-state index is 13.5. The van der Waals surface area contributed by atoms with E-state index in [1.54, 1.807) is 30.0 Å². The molecule has 0 N–H and O–H groups in total. The third-order valence-corrected chi connectivity index (χ3v) is 6.09. The van der Waals surface area contributed by atoms with Crippen LogP contribution in [0.2, 0.25) is 0 Å². The SMILES string of the molecule is COC(=O)C1=C(C)N(c2ccc(C(C)C)cc2)C(=O)C1=Cc1cc2c(cc1Br)OCO2. The predicted molar refractivity (Wildman–Crippen MR) is 121 cm³/mol. The van der Waals surface area contributed by atoms with E-state index in [9.17, 15) is 9.59 Å². The Labute approximate surface area is 189 Å². The highest BCUT2D eigenvalue weighted by molar-refractivity contribution is 9.10. The van der Waals surface area contributed by atoms with Crippen LogP contribution in [-0.4, -0.2) is 25.8 Å². The van der Waals surface area contributed by atoms with Crippen LogP contribution in [0.15, 0.2) is 57.7 Å². The van der Waals surface area contributed by atoms with Crippen molar-refractivity contribution in [2.75, 3.05) is 18.8 Å². The van der Waals surface area contributed by atoms with Crippen LogP contribution < -0.4 is 14.4 Å². The number of hydrogen-bond donors (Lipinski definition) is 0. The molecule has 0 unspecified atom stereocenters. The average Bonchev–Trinajstić information content (AvgIpc) is 3.29. The molecule has 2 aliphatic rings. The van der Waals surface area contributed by atoms with E-state index >= 15 is 0 Å². The van der Waals surface area contributed by atoms with Gasteiger partial charge in [-0.1, -0.05) is 41.9 Å². The molecule has 7 heteroatoms. The maximum Gasteiger partial charge on any atom is 0.340 e. The molecule has 0 saturated heterocycles. The molecule has 2 aliphatic heterocycles. The number of anilines is 1. The van der Waals surface area contributed by atoms with Crippen molar-refractivity contribution < 1.29 is 23.8 Å². The summed E-state index contributed by atoms with van der Waals surface area (Å²) in [6.07, 6.45) is 1.67. The van der Waals surface area contributed by atoms with Crippen LogP contribution in [0.5, 0.6) is 11.5 Å². The second kappa shape index (κ2) is 8.23. The minimum absolute atomic E-state index is 0.146. The number of benzene rings is 2. The molecule has 0 fully saturated rings. The number of amides is 1. The average molecular weight is 484 g/mol. The Kier molecular flexibility index (Phi) is 5.62. The first-order valence-corrected chi connectivity index (χ1v) is 10.7. The first-order valence-electron chi connectivity index (χ1n) is 9.86. The Morgan fingerprint density at radius 1 is 1.16 bits per heavy atom. The summed E-state index contributed by atoms with van der Waals surface area (Å²) in [6.45, 7) is 6.12. The van der Waals surface area contributed by atoms with Gasteiger partial charge in [0.2, 0.25) is 6.79 Å². The minimum atomic E-state index is -0.560. The van der Waals surface area contributed by atoms with Crippen LogP contribution in [0.1, 0.15) is 37.8 Å². The minimum Gasteiger partial charge on any atom is -0.465 e. The van der Waals surface area contributed by atoms with E-state index in [-0.39, 0.29) is 23.8 Å². The third-order valence-electron chi connectivity index (χ3n) is 5.40. The highest BCUT2D eigenvalue weighted by Crippen LogP contribution is 2.40. The Balaban J connectivity index is 1.80. The van der Waals surface area contributed by atoms with Gasteiger partial charge in [0.1, 0.15) is 0 Å². The van der Waals surface area contributed by atoms with Gasteiger partial charge in [0.15, 0.2) is 11.5 Å². The topological polar surface area (TPSA) is 65.1 Å². The summed E-state index contributed by atoms with van der Waals surface area (Å²) in [5.41, 5.74) is 3.59. The number of allylic oxidation sites excluding steroid dienone is 1. The zero-order valence-corrected chi connectivity index (χ0v) is 19.3. The molecule has 0 atom stereocenters.